The van der Waals surface area contributed by atoms with Gasteiger partial charge in [0.05, 0.1) is 23.8 Å². The lowest BCUT2D eigenvalue weighted by atomic mass is 10.2. The number of nitrogens with zero attached hydrogens (tertiary/aromatic N) is 4. The number of nitrogens with two attached hydrogens (primary N) is 1. The van der Waals surface area contributed by atoms with Crippen molar-refractivity contribution in [3.8, 4) is 16.9 Å². The van der Waals surface area contributed by atoms with Gasteiger partial charge in [0.25, 0.3) is 0 Å². The van der Waals surface area contributed by atoms with Gasteiger partial charge in [-0.05, 0) is 19.1 Å². The minimum absolute atomic E-state index is 0.647. The second-order valence-corrected chi connectivity index (χ2v) is 4.62. The number of nitrogen functional groups attached to an aromatic ring is 1. The van der Waals surface area contributed by atoms with Crippen molar-refractivity contribution in [1.29, 1.82) is 0 Å². The van der Waals surface area contributed by atoms with Gasteiger partial charge in [-0.15, -0.1) is 0 Å². The Bertz CT molecular complexity index is 706. The summed E-state index contributed by atoms with van der Waals surface area (Å²) < 4.78 is 3.52. The van der Waals surface area contributed by atoms with E-state index in [0.29, 0.717) is 5.69 Å². The summed E-state index contributed by atoms with van der Waals surface area (Å²) in [6.07, 6.45) is 5.49. The lowest BCUT2D eigenvalue weighted by Gasteiger charge is -2.00. The maximum absolute atomic E-state index is 6.03. The predicted molar refractivity (Wildman–Crippen MR) is 74.9 cm³/mol. The van der Waals surface area contributed by atoms with Crippen LogP contribution in [0.3, 0.4) is 0 Å². The third-order valence-corrected chi connectivity index (χ3v) is 3.02. The van der Waals surface area contributed by atoms with E-state index in [2.05, 4.69) is 29.3 Å². The molecule has 1 aromatic carbocycles. The van der Waals surface area contributed by atoms with E-state index < -0.39 is 0 Å². The molecule has 19 heavy (non-hydrogen) atoms. The van der Waals surface area contributed by atoms with E-state index in [0.717, 1.165) is 16.9 Å². The van der Waals surface area contributed by atoms with Crippen LogP contribution in [0.15, 0.2) is 42.9 Å². The largest absolute Gasteiger partial charge is 0.396 e. The highest BCUT2D eigenvalue weighted by molar-refractivity contribution is 5.71. The molecule has 0 spiro atoms. The second kappa shape index (κ2) is 4.28. The Balaban J connectivity index is 2.04. The molecule has 0 unspecified atom stereocenters. The molecular formula is C14H15N5. The summed E-state index contributed by atoms with van der Waals surface area (Å²) in [5, 5.41) is 8.67. The average molecular weight is 253 g/mol. The summed E-state index contributed by atoms with van der Waals surface area (Å²) in [6.45, 7) is 2.06. The molecule has 0 aliphatic carbocycles. The van der Waals surface area contributed by atoms with Gasteiger partial charge < -0.3 is 5.73 Å². The second-order valence-electron chi connectivity index (χ2n) is 4.62. The van der Waals surface area contributed by atoms with Crippen molar-refractivity contribution in [2.75, 3.05) is 5.73 Å². The van der Waals surface area contributed by atoms with Crippen LogP contribution in [0.2, 0.25) is 0 Å². The SMILES string of the molecule is Cc1ccc(-n2cc(N)c(-c3cnn(C)c3)n2)cc1. The predicted octanol–water partition coefficient (Wildman–Crippen LogP) is 2.16. The van der Waals surface area contributed by atoms with Crippen LogP contribution in [0.1, 0.15) is 5.56 Å². The van der Waals surface area contributed by atoms with Gasteiger partial charge >= 0.3 is 0 Å². The van der Waals surface area contributed by atoms with Crippen molar-refractivity contribution in [2.45, 2.75) is 6.92 Å². The van der Waals surface area contributed by atoms with Crippen LogP contribution >= 0.6 is 0 Å². The maximum Gasteiger partial charge on any atom is 0.119 e. The van der Waals surface area contributed by atoms with E-state index >= 15 is 0 Å². The molecule has 0 saturated carbocycles. The first kappa shape index (κ1) is 11.5. The molecule has 5 heteroatoms. The third-order valence-electron chi connectivity index (χ3n) is 3.02. The van der Waals surface area contributed by atoms with E-state index in [1.54, 1.807) is 15.6 Å². The Morgan fingerprint density at radius 1 is 1.11 bits per heavy atom. The Morgan fingerprint density at radius 2 is 1.84 bits per heavy atom. The summed E-state index contributed by atoms with van der Waals surface area (Å²) in [7, 11) is 1.87. The van der Waals surface area contributed by atoms with Crippen LogP contribution in [-0.2, 0) is 7.05 Å². The van der Waals surface area contributed by atoms with E-state index in [-0.39, 0.29) is 0 Å². The fourth-order valence-electron chi connectivity index (χ4n) is 1.98. The quantitative estimate of drug-likeness (QED) is 0.761. The zero-order valence-electron chi connectivity index (χ0n) is 10.9. The molecule has 2 aromatic heterocycles. The molecule has 0 saturated heterocycles. The van der Waals surface area contributed by atoms with Gasteiger partial charge in [-0.2, -0.15) is 10.2 Å². The van der Waals surface area contributed by atoms with Gasteiger partial charge in [-0.1, -0.05) is 17.7 Å². The summed E-state index contributed by atoms with van der Waals surface area (Å²) in [5.74, 6) is 0. The first-order valence-corrected chi connectivity index (χ1v) is 6.05. The van der Waals surface area contributed by atoms with Crippen LogP contribution in [-0.4, -0.2) is 19.6 Å². The molecule has 0 atom stereocenters. The molecule has 0 bridgehead atoms. The van der Waals surface area contributed by atoms with Crippen LogP contribution in [0.25, 0.3) is 16.9 Å². The van der Waals surface area contributed by atoms with Crippen molar-refractivity contribution in [3.05, 3.63) is 48.4 Å². The lowest BCUT2D eigenvalue weighted by Crippen LogP contribution is -1.94. The summed E-state index contributed by atoms with van der Waals surface area (Å²) >= 11 is 0. The highest BCUT2D eigenvalue weighted by Gasteiger charge is 2.11. The van der Waals surface area contributed by atoms with E-state index in [1.165, 1.54) is 5.56 Å². The van der Waals surface area contributed by atoms with Gasteiger partial charge in [-0.25, -0.2) is 4.68 Å². The van der Waals surface area contributed by atoms with Crippen LogP contribution in [0, 0.1) is 6.92 Å². The molecule has 2 heterocycles. The zero-order chi connectivity index (χ0) is 13.4. The number of anilines is 1. The van der Waals surface area contributed by atoms with Crippen LogP contribution in [0.5, 0.6) is 0 Å². The molecule has 96 valence electrons. The molecule has 0 aliphatic rings. The fraction of sp³-hybridized carbons (Fsp3) is 0.143. The topological polar surface area (TPSA) is 61.7 Å². The molecule has 0 aliphatic heterocycles. The van der Waals surface area contributed by atoms with Gasteiger partial charge in [-0.3, -0.25) is 4.68 Å². The Morgan fingerprint density at radius 3 is 2.47 bits per heavy atom. The van der Waals surface area contributed by atoms with Gasteiger partial charge in [0.1, 0.15) is 5.69 Å². The van der Waals surface area contributed by atoms with Gasteiger partial charge in [0.2, 0.25) is 0 Å². The fourth-order valence-corrected chi connectivity index (χ4v) is 1.98. The molecule has 0 amide bonds. The maximum atomic E-state index is 6.03. The Hall–Kier alpha value is -2.56. The van der Waals surface area contributed by atoms with Crippen molar-refractivity contribution in [2.24, 2.45) is 7.05 Å². The number of aromatic nitrogens is 4. The average Bonchev–Trinajstić information content (AvgIpc) is 2.96. The van der Waals surface area contributed by atoms with Crippen molar-refractivity contribution < 1.29 is 0 Å². The standard InChI is InChI=1S/C14H15N5/c1-10-3-5-12(6-4-10)19-9-13(15)14(17-19)11-7-16-18(2)8-11/h3-9H,15H2,1-2H3. The Kier molecular flexibility index (Phi) is 2.59. The monoisotopic (exact) mass is 253 g/mol. The number of aryl methyl sites for hydroxylation is 2. The molecular weight excluding hydrogens is 238 g/mol. The number of hydrogen-bond acceptors (Lipinski definition) is 3. The highest BCUT2D eigenvalue weighted by Crippen LogP contribution is 2.24. The number of rotatable bonds is 2. The molecule has 2 N–H and O–H groups in total. The first-order chi connectivity index (χ1) is 9.13. The number of hydrogen-bond donors (Lipinski definition) is 1. The van der Waals surface area contributed by atoms with Gasteiger partial charge in [0.15, 0.2) is 0 Å². The molecule has 0 radical (unpaired) electrons. The van der Waals surface area contributed by atoms with E-state index in [9.17, 15) is 0 Å². The molecule has 0 fully saturated rings. The zero-order valence-corrected chi connectivity index (χ0v) is 10.9. The first-order valence-electron chi connectivity index (χ1n) is 6.05. The van der Waals surface area contributed by atoms with Crippen molar-refractivity contribution in [3.63, 3.8) is 0 Å². The van der Waals surface area contributed by atoms with E-state index in [1.807, 2.05) is 31.6 Å². The molecule has 3 rings (SSSR count). The number of benzene rings is 1. The Labute approximate surface area is 111 Å². The molecule has 3 aromatic rings. The minimum Gasteiger partial charge on any atom is -0.396 e. The van der Waals surface area contributed by atoms with E-state index in [4.69, 9.17) is 5.73 Å². The van der Waals surface area contributed by atoms with Crippen molar-refractivity contribution in [1.82, 2.24) is 19.6 Å². The summed E-state index contributed by atoms with van der Waals surface area (Å²) in [4.78, 5) is 0. The smallest absolute Gasteiger partial charge is 0.119 e. The molecule has 5 nitrogen and oxygen atoms in total. The van der Waals surface area contributed by atoms with Gasteiger partial charge in [0, 0.05) is 18.8 Å². The summed E-state index contributed by atoms with van der Waals surface area (Å²) in [5.41, 5.74) is 10.6. The minimum atomic E-state index is 0.647. The van der Waals surface area contributed by atoms with Crippen LogP contribution < -0.4 is 5.73 Å². The summed E-state index contributed by atoms with van der Waals surface area (Å²) in [6, 6.07) is 8.15. The third kappa shape index (κ3) is 2.10. The lowest BCUT2D eigenvalue weighted by molar-refractivity contribution is 0.768. The normalized spacial score (nSPS) is 10.8. The van der Waals surface area contributed by atoms with Crippen molar-refractivity contribution >= 4 is 5.69 Å². The highest BCUT2D eigenvalue weighted by atomic mass is 15.3. The van der Waals surface area contributed by atoms with Crippen LogP contribution in [0.4, 0.5) is 5.69 Å².